The molecule has 2 saturated carbocycles. The van der Waals surface area contributed by atoms with Crippen LogP contribution in [0, 0.1) is 22.7 Å². The minimum atomic E-state index is -4.53. The lowest BCUT2D eigenvalue weighted by molar-refractivity contribution is -0.139. The van der Waals surface area contributed by atoms with E-state index in [1.165, 1.54) is 36.4 Å². The molecule has 10 heteroatoms. The third-order valence-electron chi connectivity index (χ3n) is 11.0. The van der Waals surface area contributed by atoms with Crippen LogP contribution in [0.15, 0.2) is 65.1 Å². The number of ether oxygens (including phenoxy) is 2. The second-order valence-electron chi connectivity index (χ2n) is 16.8. The van der Waals surface area contributed by atoms with Crippen molar-refractivity contribution in [2.75, 3.05) is 0 Å². The number of carbonyl (C=O) groups excluding carboxylic acids is 1. The highest BCUT2D eigenvalue weighted by molar-refractivity contribution is 9.10. The third kappa shape index (κ3) is 11.4. The van der Waals surface area contributed by atoms with Gasteiger partial charge in [-0.2, -0.15) is 26.3 Å². The molecule has 0 aliphatic heterocycles. The predicted molar refractivity (Wildman–Crippen MR) is 216 cm³/mol. The van der Waals surface area contributed by atoms with Crippen molar-refractivity contribution >= 4 is 43.8 Å². The zero-order valence-electron chi connectivity index (χ0n) is 31.2. The van der Waals surface area contributed by atoms with Crippen molar-refractivity contribution in [3.8, 4) is 11.5 Å². The third-order valence-corrected chi connectivity index (χ3v) is 11.5. The molecular formula is C45H57BrF6O3. The maximum atomic E-state index is 13.8. The van der Waals surface area contributed by atoms with E-state index in [2.05, 4.69) is 57.5 Å². The summed E-state index contributed by atoms with van der Waals surface area (Å²) in [5, 5.41) is 1.18. The van der Waals surface area contributed by atoms with Crippen LogP contribution in [0.2, 0.25) is 0 Å². The van der Waals surface area contributed by atoms with Gasteiger partial charge in [0.05, 0.1) is 12.2 Å². The van der Waals surface area contributed by atoms with Crippen LogP contribution in [0.25, 0.3) is 21.5 Å². The van der Waals surface area contributed by atoms with Gasteiger partial charge in [0, 0.05) is 10.0 Å². The summed E-state index contributed by atoms with van der Waals surface area (Å²) >= 11 is 3.31. The maximum Gasteiger partial charge on any atom is 0.420 e. The van der Waals surface area contributed by atoms with Crippen LogP contribution >= 0.6 is 15.9 Å². The molecule has 0 unspecified atom stereocenters. The number of aldehydes is 1. The average molecular weight is 840 g/mol. The molecule has 0 heterocycles. The SMILES string of the molecule is C.C.CC(C)(C)C1CCC(Oc2ccc3cc(Br)ccc3c2C(F)(F)F)CC1.CC(C)(C)C1CCC(Oc2ccc3cc(C=O)ccc3c2C(F)(F)F)CC1. The molecule has 0 N–H and O–H groups in total. The molecule has 3 nitrogen and oxygen atoms in total. The van der Waals surface area contributed by atoms with Crippen LogP contribution in [-0.2, 0) is 12.4 Å². The highest BCUT2D eigenvalue weighted by atomic mass is 79.9. The minimum Gasteiger partial charge on any atom is -0.490 e. The van der Waals surface area contributed by atoms with Crippen LogP contribution in [-0.4, -0.2) is 18.5 Å². The molecule has 4 aromatic carbocycles. The van der Waals surface area contributed by atoms with E-state index in [1.807, 2.05) is 0 Å². The molecule has 2 aliphatic rings. The smallest absolute Gasteiger partial charge is 0.420 e. The fourth-order valence-corrected chi connectivity index (χ4v) is 8.29. The molecule has 0 radical (unpaired) electrons. The summed E-state index contributed by atoms with van der Waals surface area (Å²) in [5.41, 5.74) is -0.625. The largest absolute Gasteiger partial charge is 0.490 e. The standard InChI is InChI=1S/C22H25F3O2.C21H24BrF3O.2CH4/c1-21(2,3)16-6-8-17(9-7-16)27-19-11-5-15-12-14(13-26)4-10-18(15)20(19)22(23,24)25;1-20(2,3)14-5-8-16(9-6-14)26-18-11-4-13-12-15(22)7-10-17(13)19(18)21(23,24)25;;/h4-5,10-13,16-17H,6-9H2,1-3H3;4,7,10-12,14,16H,5-6,8-9H2,1-3H3;2*1H4. The second kappa shape index (κ2) is 17.9. The number of fused-ring (bicyclic) bond motifs is 2. The Labute approximate surface area is 331 Å². The van der Waals surface area contributed by atoms with Gasteiger partial charge < -0.3 is 9.47 Å². The highest BCUT2D eigenvalue weighted by Crippen LogP contribution is 2.46. The lowest BCUT2D eigenvalue weighted by atomic mass is 9.72. The Morgan fingerprint density at radius 1 is 0.564 bits per heavy atom. The van der Waals surface area contributed by atoms with Crippen molar-refractivity contribution < 1.29 is 40.6 Å². The summed E-state index contributed by atoms with van der Waals surface area (Å²) in [5.74, 6) is 0.996. The summed E-state index contributed by atoms with van der Waals surface area (Å²) in [7, 11) is 0. The molecule has 2 fully saturated rings. The van der Waals surface area contributed by atoms with Crippen molar-refractivity contribution in [2.24, 2.45) is 22.7 Å². The topological polar surface area (TPSA) is 35.5 Å². The summed E-state index contributed by atoms with van der Waals surface area (Å²) in [6.07, 6.45) is -1.64. The van der Waals surface area contributed by atoms with E-state index >= 15 is 0 Å². The lowest BCUT2D eigenvalue weighted by Crippen LogP contribution is -2.31. The Bertz CT molecular complexity index is 1890. The van der Waals surface area contributed by atoms with Crippen LogP contribution in [0.3, 0.4) is 0 Å². The minimum absolute atomic E-state index is 0. The molecule has 0 aromatic heterocycles. The Kier molecular flexibility index (Phi) is 15.0. The van der Waals surface area contributed by atoms with Gasteiger partial charge in [-0.25, -0.2) is 0 Å². The van der Waals surface area contributed by atoms with Gasteiger partial charge in [-0.05, 0) is 126 Å². The van der Waals surface area contributed by atoms with Gasteiger partial charge in [0.25, 0.3) is 0 Å². The molecule has 304 valence electrons. The summed E-state index contributed by atoms with van der Waals surface area (Å²) in [6.45, 7) is 13.3. The number of carbonyl (C=O) groups is 1. The molecule has 0 bridgehead atoms. The molecule has 6 rings (SSSR count). The van der Waals surface area contributed by atoms with E-state index in [-0.39, 0.29) is 60.2 Å². The highest BCUT2D eigenvalue weighted by Gasteiger charge is 2.39. The van der Waals surface area contributed by atoms with E-state index in [9.17, 15) is 31.1 Å². The number of halogens is 7. The Hall–Kier alpha value is -3.27. The lowest BCUT2D eigenvalue weighted by Gasteiger charge is -2.37. The zero-order chi connectivity index (χ0) is 38.9. The normalized spacial score (nSPS) is 20.7. The zero-order valence-corrected chi connectivity index (χ0v) is 32.8. The van der Waals surface area contributed by atoms with E-state index in [1.54, 1.807) is 24.3 Å². The van der Waals surface area contributed by atoms with E-state index in [0.717, 1.165) is 55.8 Å². The number of hydrogen-bond donors (Lipinski definition) is 0. The van der Waals surface area contributed by atoms with Crippen LogP contribution in [0.5, 0.6) is 11.5 Å². The molecule has 0 saturated heterocycles. The number of rotatable bonds is 5. The summed E-state index contributed by atoms with van der Waals surface area (Å²) < 4.78 is 95.1. The second-order valence-corrected chi connectivity index (χ2v) is 17.7. The maximum absolute atomic E-state index is 13.8. The molecular weight excluding hydrogens is 782 g/mol. The van der Waals surface area contributed by atoms with E-state index < -0.39 is 23.5 Å². The van der Waals surface area contributed by atoms with Crippen molar-refractivity contribution in [3.63, 3.8) is 0 Å². The first-order valence-electron chi connectivity index (χ1n) is 18.4. The first-order chi connectivity index (χ1) is 24.6. The van der Waals surface area contributed by atoms with Crippen molar-refractivity contribution in [2.45, 2.75) is 132 Å². The number of benzene rings is 4. The molecule has 55 heavy (non-hydrogen) atoms. The summed E-state index contributed by atoms with van der Waals surface area (Å²) in [4.78, 5) is 10.9. The van der Waals surface area contributed by atoms with Crippen molar-refractivity contribution in [3.05, 3.63) is 81.8 Å². The monoisotopic (exact) mass is 838 g/mol. The van der Waals surface area contributed by atoms with Crippen LogP contribution < -0.4 is 9.47 Å². The van der Waals surface area contributed by atoms with E-state index in [4.69, 9.17) is 9.47 Å². The van der Waals surface area contributed by atoms with Crippen molar-refractivity contribution in [1.82, 2.24) is 0 Å². The van der Waals surface area contributed by atoms with Crippen LogP contribution in [0.1, 0.15) is 129 Å². The van der Waals surface area contributed by atoms with Gasteiger partial charge in [-0.3, -0.25) is 4.79 Å². The predicted octanol–water partition coefficient (Wildman–Crippen LogP) is 15.5. The fourth-order valence-electron chi connectivity index (χ4n) is 7.92. The number of hydrogen-bond acceptors (Lipinski definition) is 3. The molecule has 4 aromatic rings. The van der Waals surface area contributed by atoms with E-state index in [0.29, 0.717) is 34.5 Å². The first kappa shape index (κ1) is 46.1. The quantitative estimate of drug-likeness (QED) is 0.148. The van der Waals surface area contributed by atoms with Crippen LogP contribution in [0.4, 0.5) is 26.3 Å². The Morgan fingerprint density at radius 3 is 1.31 bits per heavy atom. The van der Waals surface area contributed by atoms with Gasteiger partial charge in [-0.15, -0.1) is 0 Å². The van der Waals surface area contributed by atoms with Crippen molar-refractivity contribution in [1.29, 1.82) is 0 Å². The van der Waals surface area contributed by atoms with Gasteiger partial charge in [0.2, 0.25) is 0 Å². The molecule has 0 spiro atoms. The number of alkyl halides is 6. The molecule has 2 aliphatic carbocycles. The van der Waals surface area contributed by atoms with Gasteiger partial charge in [0.15, 0.2) is 0 Å². The molecule has 0 atom stereocenters. The Morgan fingerprint density at radius 2 is 0.945 bits per heavy atom. The average Bonchev–Trinajstić information content (AvgIpc) is 3.06. The van der Waals surface area contributed by atoms with Gasteiger partial charge in [-0.1, -0.05) is 103 Å². The fraction of sp³-hybridized carbons (Fsp3) is 0.533. The van der Waals surface area contributed by atoms with Gasteiger partial charge >= 0.3 is 12.4 Å². The Balaban J connectivity index is 0.000000285. The first-order valence-corrected chi connectivity index (χ1v) is 19.2. The molecule has 0 amide bonds. The van der Waals surface area contributed by atoms with Gasteiger partial charge in [0.1, 0.15) is 28.9 Å². The summed E-state index contributed by atoms with van der Waals surface area (Å²) in [6, 6.07) is 15.2.